The lowest BCUT2D eigenvalue weighted by molar-refractivity contribution is -0.121. The smallest absolute Gasteiger partial charge is 0.225 e. The fourth-order valence-corrected chi connectivity index (χ4v) is 3.76. The van der Waals surface area contributed by atoms with Gasteiger partial charge in [-0.2, -0.15) is 0 Å². The normalized spacial score (nSPS) is 12.1. The second-order valence-electron chi connectivity index (χ2n) is 5.59. The van der Waals surface area contributed by atoms with Crippen LogP contribution in [0.5, 0.6) is 0 Å². The Morgan fingerprint density at radius 1 is 1.42 bits per heavy atom. The van der Waals surface area contributed by atoms with Gasteiger partial charge < -0.3 is 14.9 Å². The molecule has 0 aliphatic heterocycles. The topological polar surface area (TPSA) is 62.7 Å². The molecule has 3 rings (SSSR count). The number of H-pyrrole nitrogens is 1. The largest absolute Gasteiger partial charge is 0.349 e. The highest BCUT2D eigenvalue weighted by molar-refractivity contribution is 7.73. The molecule has 1 amide bonds. The molecule has 24 heavy (non-hydrogen) atoms. The Bertz CT molecular complexity index is 878. The number of carbonyl (C=O) groups excluding carboxylic acids is 1. The number of thiazole rings is 1. The van der Waals surface area contributed by atoms with Gasteiger partial charge in [0, 0.05) is 28.7 Å². The van der Waals surface area contributed by atoms with Crippen LogP contribution in [0.2, 0.25) is 0 Å². The van der Waals surface area contributed by atoms with Gasteiger partial charge in [-0.25, -0.2) is 4.98 Å². The first-order chi connectivity index (χ1) is 11.5. The standard InChI is InChI=1S/C17H18N4OS2/c1-11(19-16(22)9-15-12(2)20-17(23)24-15)13-3-5-14(6-4-13)21-8-7-18-10-21/h3-8,10-11H,9H2,1-2H3,(H,19,22)(H,20,23). The summed E-state index contributed by atoms with van der Waals surface area (Å²) < 4.78 is 2.65. The van der Waals surface area contributed by atoms with E-state index in [9.17, 15) is 4.79 Å². The van der Waals surface area contributed by atoms with Gasteiger partial charge in [0.25, 0.3) is 0 Å². The second-order valence-corrected chi connectivity index (χ2v) is 7.36. The molecule has 2 aromatic heterocycles. The third-order valence-electron chi connectivity index (χ3n) is 3.82. The number of hydrogen-bond acceptors (Lipinski definition) is 4. The number of rotatable bonds is 5. The lowest BCUT2D eigenvalue weighted by Gasteiger charge is -2.15. The Kier molecular flexibility index (Phi) is 4.92. The fourth-order valence-electron chi connectivity index (χ4n) is 2.47. The Labute approximate surface area is 149 Å². The highest BCUT2D eigenvalue weighted by Gasteiger charge is 2.13. The van der Waals surface area contributed by atoms with Gasteiger partial charge in [-0.05, 0) is 43.8 Å². The molecule has 0 fully saturated rings. The minimum absolute atomic E-state index is 0.00506. The average Bonchev–Trinajstić information content (AvgIpc) is 3.18. The summed E-state index contributed by atoms with van der Waals surface area (Å²) in [4.78, 5) is 20.3. The maximum atomic E-state index is 12.2. The van der Waals surface area contributed by atoms with E-state index in [-0.39, 0.29) is 11.9 Å². The van der Waals surface area contributed by atoms with Crippen LogP contribution in [-0.4, -0.2) is 20.4 Å². The van der Waals surface area contributed by atoms with Crippen molar-refractivity contribution < 1.29 is 4.79 Å². The van der Waals surface area contributed by atoms with Crippen LogP contribution >= 0.6 is 23.6 Å². The van der Waals surface area contributed by atoms with E-state index in [1.54, 1.807) is 12.5 Å². The first-order valence-corrected chi connectivity index (χ1v) is 8.81. The van der Waals surface area contributed by atoms with Crippen LogP contribution in [0.25, 0.3) is 5.69 Å². The van der Waals surface area contributed by atoms with Crippen LogP contribution < -0.4 is 5.32 Å². The van der Waals surface area contributed by atoms with Gasteiger partial charge >= 0.3 is 0 Å². The number of benzene rings is 1. The van der Waals surface area contributed by atoms with E-state index in [1.165, 1.54) is 11.3 Å². The first-order valence-electron chi connectivity index (χ1n) is 7.59. The molecule has 2 heterocycles. The zero-order valence-corrected chi connectivity index (χ0v) is 15.1. The lowest BCUT2D eigenvalue weighted by atomic mass is 10.1. The van der Waals surface area contributed by atoms with Crippen molar-refractivity contribution in [1.82, 2.24) is 19.9 Å². The summed E-state index contributed by atoms with van der Waals surface area (Å²) >= 11 is 6.56. The van der Waals surface area contributed by atoms with E-state index in [2.05, 4.69) is 15.3 Å². The van der Waals surface area contributed by atoms with Gasteiger partial charge in [-0.15, -0.1) is 11.3 Å². The number of amides is 1. The minimum Gasteiger partial charge on any atom is -0.349 e. The van der Waals surface area contributed by atoms with Gasteiger partial charge in [0.05, 0.1) is 18.8 Å². The maximum absolute atomic E-state index is 12.2. The summed E-state index contributed by atoms with van der Waals surface area (Å²) in [6.07, 6.45) is 5.75. The molecule has 2 N–H and O–H groups in total. The molecule has 0 aliphatic rings. The SMILES string of the molecule is Cc1[nH]c(=S)sc1CC(=O)NC(C)c1ccc(-n2ccnc2)cc1. The first kappa shape index (κ1) is 16.6. The molecule has 7 heteroatoms. The summed E-state index contributed by atoms with van der Waals surface area (Å²) in [5.74, 6) is -0.00506. The number of aryl methyl sites for hydroxylation is 1. The third kappa shape index (κ3) is 3.80. The van der Waals surface area contributed by atoms with E-state index >= 15 is 0 Å². The number of aromatic amines is 1. The number of nitrogens with one attached hydrogen (secondary N) is 2. The molecule has 3 aromatic rings. The van der Waals surface area contributed by atoms with Crippen LogP contribution in [-0.2, 0) is 11.2 Å². The van der Waals surface area contributed by atoms with Crippen molar-refractivity contribution in [2.24, 2.45) is 0 Å². The second kappa shape index (κ2) is 7.11. The number of aromatic nitrogens is 3. The number of imidazole rings is 1. The predicted molar refractivity (Wildman–Crippen MR) is 98.1 cm³/mol. The summed E-state index contributed by atoms with van der Waals surface area (Å²) in [7, 11) is 0. The van der Waals surface area contributed by atoms with Gasteiger partial charge in [-0.1, -0.05) is 12.1 Å². The van der Waals surface area contributed by atoms with Crippen LogP contribution in [0, 0.1) is 10.9 Å². The van der Waals surface area contributed by atoms with Gasteiger partial charge in [0.1, 0.15) is 0 Å². The average molecular weight is 358 g/mol. The molecule has 0 radical (unpaired) electrons. The summed E-state index contributed by atoms with van der Waals surface area (Å²) in [5, 5.41) is 3.04. The monoisotopic (exact) mass is 358 g/mol. The van der Waals surface area contributed by atoms with E-state index in [4.69, 9.17) is 12.2 Å². The number of carbonyl (C=O) groups is 1. The van der Waals surface area contributed by atoms with E-state index < -0.39 is 0 Å². The van der Waals surface area contributed by atoms with Crippen molar-refractivity contribution >= 4 is 29.5 Å². The van der Waals surface area contributed by atoms with E-state index in [0.717, 1.165) is 21.8 Å². The summed E-state index contributed by atoms with van der Waals surface area (Å²) in [6.45, 7) is 3.92. The molecule has 0 aliphatic carbocycles. The molecule has 5 nitrogen and oxygen atoms in total. The molecule has 1 aromatic carbocycles. The molecule has 124 valence electrons. The lowest BCUT2D eigenvalue weighted by Crippen LogP contribution is -2.28. The summed E-state index contributed by atoms with van der Waals surface area (Å²) in [6, 6.07) is 8.02. The zero-order chi connectivity index (χ0) is 17.1. The molecular formula is C17H18N4OS2. The molecule has 1 unspecified atom stereocenters. The van der Waals surface area contributed by atoms with Crippen LogP contribution in [0.15, 0.2) is 43.0 Å². The van der Waals surface area contributed by atoms with Crippen molar-refractivity contribution in [3.05, 3.63) is 63.1 Å². The van der Waals surface area contributed by atoms with Crippen LogP contribution in [0.1, 0.15) is 29.1 Å². The maximum Gasteiger partial charge on any atom is 0.225 e. The molecule has 0 saturated heterocycles. The van der Waals surface area contributed by atoms with Crippen LogP contribution in [0.3, 0.4) is 0 Å². The minimum atomic E-state index is -0.0541. The predicted octanol–water partition coefficient (Wildman–Crippen LogP) is 3.72. The quantitative estimate of drug-likeness (QED) is 0.683. The number of nitrogens with zero attached hydrogens (tertiary/aromatic N) is 2. The Balaban J connectivity index is 1.64. The van der Waals surface area contributed by atoms with Crippen molar-refractivity contribution in [1.29, 1.82) is 0 Å². The van der Waals surface area contributed by atoms with Gasteiger partial charge in [0.2, 0.25) is 5.91 Å². The number of hydrogen-bond donors (Lipinski definition) is 2. The van der Waals surface area contributed by atoms with Crippen molar-refractivity contribution in [3.8, 4) is 5.69 Å². The Hall–Kier alpha value is -2.25. The van der Waals surface area contributed by atoms with Crippen molar-refractivity contribution in [2.75, 3.05) is 0 Å². The zero-order valence-electron chi connectivity index (χ0n) is 13.4. The van der Waals surface area contributed by atoms with E-state index in [1.807, 2.05) is 48.9 Å². The van der Waals surface area contributed by atoms with Crippen molar-refractivity contribution in [2.45, 2.75) is 26.3 Å². The van der Waals surface area contributed by atoms with Gasteiger partial charge in [-0.3, -0.25) is 4.79 Å². The van der Waals surface area contributed by atoms with Crippen molar-refractivity contribution in [3.63, 3.8) is 0 Å². The Morgan fingerprint density at radius 3 is 2.75 bits per heavy atom. The summed E-state index contributed by atoms with van der Waals surface area (Å²) in [5.41, 5.74) is 3.07. The highest BCUT2D eigenvalue weighted by atomic mass is 32.1. The van der Waals surface area contributed by atoms with E-state index in [0.29, 0.717) is 10.4 Å². The highest BCUT2D eigenvalue weighted by Crippen LogP contribution is 2.18. The Morgan fingerprint density at radius 2 is 2.17 bits per heavy atom. The molecular weight excluding hydrogens is 340 g/mol. The molecule has 0 spiro atoms. The molecule has 0 saturated carbocycles. The van der Waals surface area contributed by atoms with Gasteiger partial charge in [0.15, 0.2) is 3.95 Å². The molecule has 1 atom stereocenters. The van der Waals surface area contributed by atoms with Crippen LogP contribution in [0.4, 0.5) is 0 Å². The third-order valence-corrected chi connectivity index (χ3v) is 5.15. The fraction of sp³-hybridized carbons (Fsp3) is 0.235. The molecule has 0 bridgehead atoms.